The van der Waals surface area contributed by atoms with E-state index in [0.29, 0.717) is 24.3 Å². The zero-order chi connectivity index (χ0) is 16.3. The third-order valence-corrected chi connectivity index (χ3v) is 3.64. The molecule has 0 heterocycles. The predicted octanol–water partition coefficient (Wildman–Crippen LogP) is 2.59. The van der Waals surface area contributed by atoms with Gasteiger partial charge in [-0.1, -0.05) is 41.5 Å². The summed E-state index contributed by atoms with van der Waals surface area (Å²) < 4.78 is 0. The van der Waals surface area contributed by atoms with E-state index in [4.69, 9.17) is 0 Å². The lowest BCUT2D eigenvalue weighted by Crippen LogP contribution is -2.40. The molecular weight excluding hydrogens is 262 g/mol. The lowest BCUT2D eigenvalue weighted by Gasteiger charge is -2.28. The van der Waals surface area contributed by atoms with Gasteiger partial charge in [0.05, 0.1) is 0 Å². The number of nitrogens with one attached hydrogen (secondary N) is 1. The molecule has 0 unspecified atom stereocenters. The van der Waals surface area contributed by atoms with E-state index in [1.807, 2.05) is 0 Å². The zero-order valence-corrected chi connectivity index (χ0v) is 15.1. The molecule has 0 bridgehead atoms. The highest BCUT2D eigenvalue weighted by Gasteiger charge is 2.15. The fourth-order valence-corrected chi connectivity index (χ4v) is 2.35. The number of hydrogen-bond donors (Lipinski definition) is 1. The first-order valence-electron chi connectivity index (χ1n) is 8.64. The van der Waals surface area contributed by atoms with Gasteiger partial charge in [0, 0.05) is 32.1 Å². The van der Waals surface area contributed by atoms with Crippen LogP contribution in [0.1, 0.15) is 54.4 Å². The molecule has 1 N–H and O–H groups in total. The van der Waals surface area contributed by atoms with Crippen molar-refractivity contribution in [1.29, 1.82) is 0 Å². The molecule has 0 saturated carbocycles. The summed E-state index contributed by atoms with van der Waals surface area (Å²) in [6.45, 7) is 18.7. The Kier molecular flexibility index (Phi) is 11.6. The number of nitrogens with zero attached hydrogens (tertiary/aromatic N) is 2. The van der Waals surface area contributed by atoms with Crippen molar-refractivity contribution in [2.24, 2.45) is 5.92 Å². The van der Waals surface area contributed by atoms with Crippen molar-refractivity contribution in [2.45, 2.75) is 60.4 Å². The van der Waals surface area contributed by atoms with Gasteiger partial charge in [-0.15, -0.1) is 0 Å². The summed E-state index contributed by atoms with van der Waals surface area (Å²) in [6, 6.07) is 0.495. The van der Waals surface area contributed by atoms with Crippen LogP contribution in [0.25, 0.3) is 0 Å². The van der Waals surface area contributed by atoms with Gasteiger partial charge in [-0.05, 0) is 32.0 Å². The average molecular weight is 300 g/mol. The minimum absolute atomic E-state index is 0.307. The molecule has 0 saturated heterocycles. The van der Waals surface area contributed by atoms with Crippen LogP contribution >= 0.6 is 0 Å². The molecule has 0 atom stereocenters. The van der Waals surface area contributed by atoms with Crippen molar-refractivity contribution in [2.75, 3.05) is 39.3 Å². The molecule has 4 heteroatoms. The Labute approximate surface area is 132 Å². The van der Waals surface area contributed by atoms with Crippen LogP contribution in [-0.2, 0) is 4.79 Å². The third-order valence-electron chi connectivity index (χ3n) is 3.64. The summed E-state index contributed by atoms with van der Waals surface area (Å²) in [6.07, 6.45) is 1.58. The molecule has 0 radical (unpaired) electrons. The maximum atomic E-state index is 12.4. The first-order chi connectivity index (χ1) is 9.90. The van der Waals surface area contributed by atoms with E-state index in [9.17, 15) is 4.79 Å². The minimum Gasteiger partial charge on any atom is -0.341 e. The Morgan fingerprint density at radius 2 is 1.67 bits per heavy atom. The Morgan fingerprint density at radius 3 is 2.14 bits per heavy atom. The lowest BCUT2D eigenvalue weighted by molar-refractivity contribution is -0.132. The second-order valence-corrected chi connectivity index (χ2v) is 6.47. The Balaban J connectivity index is 4.22. The monoisotopic (exact) mass is 299 g/mol. The van der Waals surface area contributed by atoms with Gasteiger partial charge in [0.25, 0.3) is 0 Å². The largest absolute Gasteiger partial charge is 0.341 e. The molecule has 21 heavy (non-hydrogen) atoms. The molecule has 0 aromatic carbocycles. The fraction of sp³-hybridized carbons (Fsp3) is 0.941. The summed E-state index contributed by atoms with van der Waals surface area (Å²) >= 11 is 0. The van der Waals surface area contributed by atoms with Gasteiger partial charge in [-0.2, -0.15) is 0 Å². The summed E-state index contributed by atoms with van der Waals surface area (Å²) in [5.41, 5.74) is 0. The lowest BCUT2D eigenvalue weighted by atomic mass is 10.2. The first kappa shape index (κ1) is 20.4. The Morgan fingerprint density at radius 1 is 1.05 bits per heavy atom. The topological polar surface area (TPSA) is 35.6 Å². The van der Waals surface area contributed by atoms with Gasteiger partial charge in [0.2, 0.25) is 5.91 Å². The van der Waals surface area contributed by atoms with E-state index < -0.39 is 0 Å². The smallest absolute Gasteiger partial charge is 0.222 e. The van der Waals surface area contributed by atoms with Gasteiger partial charge in [0.15, 0.2) is 0 Å². The maximum Gasteiger partial charge on any atom is 0.222 e. The Hall–Kier alpha value is -0.610. The molecule has 1 amide bonds. The van der Waals surface area contributed by atoms with Crippen molar-refractivity contribution < 1.29 is 4.79 Å². The summed E-state index contributed by atoms with van der Waals surface area (Å²) in [7, 11) is 0. The zero-order valence-electron chi connectivity index (χ0n) is 15.1. The molecule has 0 rings (SSSR count). The van der Waals surface area contributed by atoms with Crippen molar-refractivity contribution >= 4 is 5.91 Å². The number of hydrogen-bond acceptors (Lipinski definition) is 3. The highest BCUT2D eigenvalue weighted by atomic mass is 16.2. The maximum absolute atomic E-state index is 12.4. The SMILES string of the molecule is CCN(CC)CCN(CC(C)C)C(=O)CCCNC(C)C. The van der Waals surface area contributed by atoms with E-state index in [0.717, 1.165) is 45.7 Å². The predicted molar refractivity (Wildman–Crippen MR) is 91.6 cm³/mol. The standard InChI is InChI=1S/C17H37N3O/c1-7-19(8-2)12-13-20(14-15(3)4)17(21)10-9-11-18-16(5)6/h15-16,18H,7-14H2,1-6H3. The molecule has 4 nitrogen and oxygen atoms in total. The molecular formula is C17H37N3O. The summed E-state index contributed by atoms with van der Waals surface area (Å²) in [4.78, 5) is 16.8. The quantitative estimate of drug-likeness (QED) is 0.563. The number of rotatable bonds is 12. The molecule has 0 spiro atoms. The van der Waals surface area contributed by atoms with Gasteiger partial charge in [0.1, 0.15) is 0 Å². The van der Waals surface area contributed by atoms with Crippen molar-refractivity contribution in [3.63, 3.8) is 0 Å². The van der Waals surface area contributed by atoms with Crippen molar-refractivity contribution in [1.82, 2.24) is 15.1 Å². The molecule has 0 aromatic rings. The molecule has 0 aliphatic rings. The molecule has 0 aromatic heterocycles. The first-order valence-corrected chi connectivity index (χ1v) is 8.64. The van der Waals surface area contributed by atoms with E-state index in [2.05, 4.69) is 56.7 Å². The van der Waals surface area contributed by atoms with Crippen LogP contribution in [0.4, 0.5) is 0 Å². The molecule has 0 fully saturated rings. The van der Waals surface area contributed by atoms with Crippen LogP contribution in [0.15, 0.2) is 0 Å². The molecule has 0 aliphatic heterocycles. The molecule has 126 valence electrons. The number of carbonyl (C=O) groups is 1. The normalized spacial score (nSPS) is 11.7. The third kappa shape index (κ3) is 10.7. The number of amides is 1. The molecule has 0 aliphatic carbocycles. The fourth-order valence-electron chi connectivity index (χ4n) is 2.35. The number of carbonyl (C=O) groups excluding carboxylic acids is 1. The second kappa shape index (κ2) is 12.0. The van der Waals surface area contributed by atoms with Crippen LogP contribution < -0.4 is 5.32 Å². The highest BCUT2D eigenvalue weighted by molar-refractivity contribution is 5.76. The van der Waals surface area contributed by atoms with Crippen LogP contribution in [0.5, 0.6) is 0 Å². The highest BCUT2D eigenvalue weighted by Crippen LogP contribution is 2.04. The van der Waals surface area contributed by atoms with Crippen LogP contribution in [0.2, 0.25) is 0 Å². The minimum atomic E-state index is 0.307. The summed E-state index contributed by atoms with van der Waals surface area (Å²) in [5, 5.41) is 3.37. The summed E-state index contributed by atoms with van der Waals surface area (Å²) in [5.74, 6) is 0.834. The van der Waals surface area contributed by atoms with E-state index >= 15 is 0 Å². The van der Waals surface area contributed by atoms with Gasteiger partial charge in [-0.25, -0.2) is 0 Å². The van der Waals surface area contributed by atoms with E-state index in [-0.39, 0.29) is 0 Å². The van der Waals surface area contributed by atoms with Gasteiger partial charge in [-0.3, -0.25) is 4.79 Å². The van der Waals surface area contributed by atoms with Crippen LogP contribution in [-0.4, -0.2) is 61.0 Å². The van der Waals surface area contributed by atoms with Gasteiger partial charge < -0.3 is 15.1 Å². The van der Waals surface area contributed by atoms with Crippen molar-refractivity contribution in [3.05, 3.63) is 0 Å². The Bertz CT molecular complexity index is 263. The van der Waals surface area contributed by atoms with Crippen LogP contribution in [0, 0.1) is 5.92 Å². The van der Waals surface area contributed by atoms with E-state index in [1.54, 1.807) is 0 Å². The van der Waals surface area contributed by atoms with Gasteiger partial charge >= 0.3 is 0 Å². The van der Waals surface area contributed by atoms with E-state index in [1.165, 1.54) is 0 Å². The second-order valence-electron chi connectivity index (χ2n) is 6.47. The van der Waals surface area contributed by atoms with Crippen molar-refractivity contribution in [3.8, 4) is 0 Å². The number of likely N-dealkylation sites (N-methyl/N-ethyl adjacent to an activating group) is 1. The van der Waals surface area contributed by atoms with Crippen LogP contribution in [0.3, 0.4) is 0 Å². The average Bonchev–Trinajstić information content (AvgIpc) is 2.42.